The number of guanidine groups is 1. The standard InChI is InChI=1S/C19H27N3O/c1-4-12-21-18(20-5-2)22-15-19(10-13-23-14-11-19)17-9-7-6-8-16(17)3/h1,6-9H,5,10-15H2,2-3H3,(H2,20,21,22). The van der Waals surface area contributed by atoms with Crippen LogP contribution in [-0.4, -0.2) is 38.8 Å². The number of aryl methyl sites for hydroxylation is 1. The fourth-order valence-electron chi connectivity index (χ4n) is 3.15. The molecule has 0 unspecified atom stereocenters. The Bertz CT molecular complexity index is 568. The zero-order valence-corrected chi connectivity index (χ0v) is 14.2. The van der Waals surface area contributed by atoms with Crippen molar-refractivity contribution < 1.29 is 4.74 Å². The van der Waals surface area contributed by atoms with Crippen LogP contribution in [-0.2, 0) is 10.2 Å². The molecule has 0 spiro atoms. The van der Waals surface area contributed by atoms with E-state index in [2.05, 4.69) is 54.7 Å². The molecular weight excluding hydrogens is 286 g/mol. The molecule has 1 aromatic carbocycles. The Hall–Kier alpha value is -1.99. The van der Waals surface area contributed by atoms with Gasteiger partial charge in [-0.1, -0.05) is 30.2 Å². The van der Waals surface area contributed by atoms with Gasteiger partial charge in [0.2, 0.25) is 0 Å². The number of benzene rings is 1. The van der Waals surface area contributed by atoms with Crippen LogP contribution < -0.4 is 10.6 Å². The van der Waals surface area contributed by atoms with Crippen LogP contribution in [0.5, 0.6) is 0 Å². The van der Waals surface area contributed by atoms with Crippen molar-refractivity contribution in [3.05, 3.63) is 35.4 Å². The fraction of sp³-hybridized carbons (Fsp3) is 0.526. The molecule has 124 valence electrons. The molecule has 4 nitrogen and oxygen atoms in total. The monoisotopic (exact) mass is 313 g/mol. The molecule has 4 heteroatoms. The van der Waals surface area contributed by atoms with Gasteiger partial charge in [0.1, 0.15) is 0 Å². The molecule has 1 aliphatic heterocycles. The predicted molar refractivity (Wildman–Crippen MR) is 95.7 cm³/mol. The van der Waals surface area contributed by atoms with Gasteiger partial charge in [-0.15, -0.1) is 6.42 Å². The van der Waals surface area contributed by atoms with Gasteiger partial charge in [-0.05, 0) is 37.8 Å². The summed E-state index contributed by atoms with van der Waals surface area (Å²) in [6.07, 6.45) is 7.33. The smallest absolute Gasteiger partial charge is 0.192 e. The molecule has 2 N–H and O–H groups in total. The summed E-state index contributed by atoms with van der Waals surface area (Å²) in [6, 6.07) is 8.62. The highest BCUT2D eigenvalue weighted by atomic mass is 16.5. The van der Waals surface area contributed by atoms with E-state index in [1.54, 1.807) is 0 Å². The zero-order valence-electron chi connectivity index (χ0n) is 14.2. The molecule has 0 aromatic heterocycles. The van der Waals surface area contributed by atoms with Gasteiger partial charge in [-0.3, -0.25) is 4.99 Å². The molecule has 1 aliphatic rings. The lowest BCUT2D eigenvalue weighted by Crippen LogP contribution is -2.41. The van der Waals surface area contributed by atoms with Gasteiger partial charge in [-0.25, -0.2) is 0 Å². The van der Waals surface area contributed by atoms with Crippen molar-refractivity contribution in [3.8, 4) is 12.3 Å². The summed E-state index contributed by atoms with van der Waals surface area (Å²) in [7, 11) is 0. The molecule has 0 atom stereocenters. The summed E-state index contributed by atoms with van der Waals surface area (Å²) < 4.78 is 5.60. The third-order valence-electron chi connectivity index (χ3n) is 4.41. The largest absolute Gasteiger partial charge is 0.381 e. The Morgan fingerprint density at radius 1 is 1.30 bits per heavy atom. The Morgan fingerprint density at radius 3 is 2.70 bits per heavy atom. The average molecular weight is 313 g/mol. The number of ether oxygens (including phenoxy) is 1. The maximum absolute atomic E-state index is 5.60. The van der Waals surface area contributed by atoms with Crippen LogP contribution in [0.4, 0.5) is 0 Å². The van der Waals surface area contributed by atoms with Crippen molar-refractivity contribution in [2.45, 2.75) is 32.1 Å². The van der Waals surface area contributed by atoms with Crippen LogP contribution in [0.25, 0.3) is 0 Å². The number of nitrogens with zero attached hydrogens (tertiary/aromatic N) is 1. The first-order chi connectivity index (χ1) is 11.2. The molecule has 23 heavy (non-hydrogen) atoms. The normalized spacial score (nSPS) is 17.3. The summed E-state index contributed by atoms with van der Waals surface area (Å²) in [5, 5.41) is 6.42. The topological polar surface area (TPSA) is 45.7 Å². The number of nitrogens with one attached hydrogen (secondary N) is 2. The van der Waals surface area contributed by atoms with Crippen LogP contribution in [0, 0.1) is 19.3 Å². The summed E-state index contributed by atoms with van der Waals surface area (Å²) in [6.45, 7) is 7.84. The zero-order chi connectivity index (χ0) is 16.5. The number of hydrogen-bond donors (Lipinski definition) is 2. The minimum Gasteiger partial charge on any atom is -0.381 e. The molecule has 1 aromatic rings. The van der Waals surface area contributed by atoms with Crippen molar-refractivity contribution in [1.29, 1.82) is 0 Å². The van der Waals surface area contributed by atoms with Gasteiger partial charge >= 0.3 is 0 Å². The van der Waals surface area contributed by atoms with E-state index in [-0.39, 0.29) is 5.41 Å². The highest BCUT2D eigenvalue weighted by Gasteiger charge is 2.35. The van der Waals surface area contributed by atoms with Crippen LogP contribution in [0.15, 0.2) is 29.3 Å². The van der Waals surface area contributed by atoms with Crippen molar-refractivity contribution in [2.75, 3.05) is 32.8 Å². The van der Waals surface area contributed by atoms with Crippen molar-refractivity contribution >= 4 is 5.96 Å². The van der Waals surface area contributed by atoms with Gasteiger partial charge in [-0.2, -0.15) is 0 Å². The Labute approximate surface area is 139 Å². The highest BCUT2D eigenvalue weighted by molar-refractivity contribution is 5.80. The molecule has 0 aliphatic carbocycles. The van der Waals surface area contributed by atoms with Crippen molar-refractivity contribution in [1.82, 2.24) is 10.6 Å². The first-order valence-electron chi connectivity index (χ1n) is 8.31. The van der Waals surface area contributed by atoms with E-state index < -0.39 is 0 Å². The molecule has 0 radical (unpaired) electrons. The summed E-state index contributed by atoms with van der Waals surface area (Å²) in [4.78, 5) is 4.81. The second kappa shape index (κ2) is 8.59. The maximum atomic E-state index is 5.60. The lowest BCUT2D eigenvalue weighted by molar-refractivity contribution is 0.0529. The summed E-state index contributed by atoms with van der Waals surface area (Å²) in [5.41, 5.74) is 2.76. The third kappa shape index (κ3) is 4.49. The molecule has 0 saturated carbocycles. The van der Waals surface area contributed by atoms with E-state index in [0.717, 1.165) is 45.1 Å². The van der Waals surface area contributed by atoms with E-state index in [9.17, 15) is 0 Å². The van der Waals surface area contributed by atoms with Crippen molar-refractivity contribution in [2.24, 2.45) is 4.99 Å². The van der Waals surface area contributed by atoms with Crippen molar-refractivity contribution in [3.63, 3.8) is 0 Å². The lowest BCUT2D eigenvalue weighted by atomic mass is 9.72. The number of hydrogen-bond acceptors (Lipinski definition) is 2. The van der Waals surface area contributed by atoms with Crippen LogP contribution >= 0.6 is 0 Å². The predicted octanol–water partition coefficient (Wildman–Crippen LogP) is 2.23. The van der Waals surface area contributed by atoms with Gasteiger partial charge in [0.05, 0.1) is 13.1 Å². The lowest BCUT2D eigenvalue weighted by Gasteiger charge is -2.37. The van der Waals surface area contributed by atoms with Gasteiger partial charge < -0.3 is 15.4 Å². The van der Waals surface area contributed by atoms with Crippen LogP contribution in [0.2, 0.25) is 0 Å². The van der Waals surface area contributed by atoms with Gasteiger partial charge in [0, 0.05) is 25.2 Å². The average Bonchev–Trinajstić information content (AvgIpc) is 2.58. The summed E-state index contributed by atoms with van der Waals surface area (Å²) >= 11 is 0. The van der Waals surface area contributed by atoms with E-state index in [0.29, 0.717) is 6.54 Å². The quantitative estimate of drug-likeness (QED) is 0.498. The molecule has 1 heterocycles. The molecule has 1 saturated heterocycles. The van der Waals surface area contributed by atoms with E-state index in [1.165, 1.54) is 11.1 Å². The molecular formula is C19H27N3O. The number of rotatable bonds is 5. The van der Waals surface area contributed by atoms with E-state index in [4.69, 9.17) is 16.2 Å². The highest BCUT2D eigenvalue weighted by Crippen LogP contribution is 2.36. The number of terminal acetylenes is 1. The second-order valence-corrected chi connectivity index (χ2v) is 5.96. The minimum atomic E-state index is 0.0437. The SMILES string of the molecule is C#CCNC(=NCC1(c2ccccc2C)CCOCC1)NCC. The third-order valence-corrected chi connectivity index (χ3v) is 4.41. The maximum Gasteiger partial charge on any atom is 0.192 e. The second-order valence-electron chi connectivity index (χ2n) is 5.96. The Balaban J connectivity index is 2.25. The van der Waals surface area contributed by atoms with Gasteiger partial charge in [0.15, 0.2) is 5.96 Å². The summed E-state index contributed by atoms with van der Waals surface area (Å²) in [5.74, 6) is 3.38. The van der Waals surface area contributed by atoms with Gasteiger partial charge in [0.25, 0.3) is 0 Å². The molecule has 2 rings (SSSR count). The van der Waals surface area contributed by atoms with E-state index in [1.807, 2.05) is 0 Å². The minimum absolute atomic E-state index is 0.0437. The molecule has 0 bridgehead atoms. The Morgan fingerprint density at radius 2 is 2.04 bits per heavy atom. The first-order valence-corrected chi connectivity index (χ1v) is 8.31. The molecule has 0 amide bonds. The Kier molecular flexibility index (Phi) is 6.49. The van der Waals surface area contributed by atoms with Crippen LogP contribution in [0.1, 0.15) is 30.9 Å². The molecule has 1 fully saturated rings. The van der Waals surface area contributed by atoms with E-state index >= 15 is 0 Å². The first kappa shape index (κ1) is 17.4. The van der Waals surface area contributed by atoms with Crippen LogP contribution in [0.3, 0.4) is 0 Å². The fourth-order valence-corrected chi connectivity index (χ4v) is 3.15. The number of aliphatic imine (C=N–C) groups is 1.